The quantitative estimate of drug-likeness (QED) is 0.526. The van der Waals surface area contributed by atoms with E-state index in [-0.39, 0.29) is 10.6 Å². The molecule has 0 radical (unpaired) electrons. The molecule has 2 aromatic carbocycles. The predicted octanol–water partition coefficient (Wildman–Crippen LogP) is 2.34. The molecule has 2 aliphatic rings. The normalized spacial score (nSPS) is 20.6. The van der Waals surface area contributed by atoms with E-state index in [2.05, 4.69) is 20.3 Å². The van der Waals surface area contributed by atoms with Gasteiger partial charge in [-0.15, -0.1) is 0 Å². The fraction of sp³-hybridized carbons (Fsp3) is 0.333. The van der Waals surface area contributed by atoms with Gasteiger partial charge in [-0.25, -0.2) is 13.2 Å². The van der Waals surface area contributed by atoms with Crippen LogP contribution in [-0.2, 0) is 25.2 Å². The van der Waals surface area contributed by atoms with Gasteiger partial charge >= 0.3 is 6.03 Å². The van der Waals surface area contributed by atoms with Gasteiger partial charge in [0, 0.05) is 18.7 Å². The van der Waals surface area contributed by atoms with Gasteiger partial charge in [0.05, 0.1) is 4.90 Å². The van der Waals surface area contributed by atoms with Gasteiger partial charge in [0.1, 0.15) is 17.9 Å². The number of nitrogens with zero attached hydrogens (tertiary/aromatic N) is 2. The zero-order valence-corrected chi connectivity index (χ0v) is 20.1. The van der Waals surface area contributed by atoms with Crippen molar-refractivity contribution in [3.8, 4) is 0 Å². The summed E-state index contributed by atoms with van der Waals surface area (Å²) in [5, 5.41) is 5.21. The first kappa shape index (κ1) is 24.4. The van der Waals surface area contributed by atoms with Crippen LogP contribution in [0.3, 0.4) is 0 Å². The summed E-state index contributed by atoms with van der Waals surface area (Å²) >= 11 is 0. The molecule has 0 saturated carbocycles. The highest BCUT2D eigenvalue weighted by molar-refractivity contribution is 7.90. The smallest absolute Gasteiger partial charge is 0.324 e. The fourth-order valence-electron chi connectivity index (χ4n) is 4.06. The molecule has 11 heteroatoms. The molecule has 10 nitrogen and oxygen atoms in total. The summed E-state index contributed by atoms with van der Waals surface area (Å²) in [6, 6.07) is 13.8. The lowest BCUT2D eigenvalue weighted by atomic mass is 9.92. The SMILES string of the molecule is CC1(c2ccccc2)NC(=O)N(CC(=O)Nc2cccc(S(=O)(=O)NC3=NCCCCC3)c2)C1=O. The minimum absolute atomic E-state index is 0.0334. The molecule has 4 rings (SSSR count). The summed E-state index contributed by atoms with van der Waals surface area (Å²) in [6.07, 6.45) is 3.35. The number of nitrogens with one attached hydrogen (secondary N) is 3. The van der Waals surface area contributed by atoms with Gasteiger partial charge < -0.3 is 10.6 Å². The number of carbonyl (C=O) groups excluding carboxylic acids is 3. The van der Waals surface area contributed by atoms with Gasteiger partial charge in [-0.2, -0.15) is 0 Å². The molecular weight excluding hydrogens is 470 g/mol. The first-order valence-electron chi connectivity index (χ1n) is 11.3. The van der Waals surface area contributed by atoms with Crippen molar-refractivity contribution in [2.45, 2.75) is 43.0 Å². The molecule has 2 aromatic rings. The largest absolute Gasteiger partial charge is 0.325 e. The van der Waals surface area contributed by atoms with E-state index in [4.69, 9.17) is 0 Å². The third-order valence-electron chi connectivity index (χ3n) is 5.98. The molecule has 0 aliphatic carbocycles. The summed E-state index contributed by atoms with van der Waals surface area (Å²) in [5.74, 6) is -0.757. The van der Waals surface area contributed by atoms with E-state index >= 15 is 0 Å². The number of hydrogen-bond donors (Lipinski definition) is 3. The summed E-state index contributed by atoms with van der Waals surface area (Å²) in [7, 11) is -3.88. The Morgan fingerprint density at radius 2 is 1.86 bits per heavy atom. The Morgan fingerprint density at radius 3 is 2.63 bits per heavy atom. The van der Waals surface area contributed by atoms with Crippen molar-refractivity contribution in [3.63, 3.8) is 0 Å². The lowest BCUT2D eigenvalue weighted by Crippen LogP contribution is -2.42. The summed E-state index contributed by atoms with van der Waals surface area (Å²) < 4.78 is 28.2. The molecule has 1 fully saturated rings. The van der Waals surface area contributed by atoms with Crippen LogP contribution in [0, 0.1) is 0 Å². The minimum Gasteiger partial charge on any atom is -0.324 e. The predicted molar refractivity (Wildman–Crippen MR) is 130 cm³/mol. The van der Waals surface area contributed by atoms with E-state index in [0.717, 1.165) is 24.2 Å². The standard InChI is InChI=1S/C24H27N5O5S/c1-24(17-9-4-2-5-10-17)22(31)29(23(32)27-24)16-21(30)26-18-11-8-12-19(15-18)35(33,34)28-20-13-6-3-7-14-25-20/h2,4-5,8-12,15H,3,6-7,13-14,16H2,1H3,(H,25,28)(H,26,30)(H,27,32). The molecule has 1 saturated heterocycles. The molecule has 35 heavy (non-hydrogen) atoms. The van der Waals surface area contributed by atoms with E-state index < -0.39 is 40.0 Å². The number of anilines is 1. The van der Waals surface area contributed by atoms with Crippen LogP contribution >= 0.6 is 0 Å². The van der Waals surface area contributed by atoms with Crippen LogP contribution in [0.5, 0.6) is 0 Å². The second kappa shape index (κ2) is 9.87. The van der Waals surface area contributed by atoms with Gasteiger partial charge in [-0.1, -0.05) is 42.8 Å². The highest BCUT2D eigenvalue weighted by atomic mass is 32.2. The van der Waals surface area contributed by atoms with E-state index in [1.165, 1.54) is 24.3 Å². The number of sulfonamides is 1. The van der Waals surface area contributed by atoms with Crippen molar-refractivity contribution >= 4 is 39.4 Å². The molecule has 2 aliphatic heterocycles. The highest BCUT2D eigenvalue weighted by Crippen LogP contribution is 2.28. The summed E-state index contributed by atoms with van der Waals surface area (Å²) in [6.45, 7) is 1.65. The molecule has 2 heterocycles. The summed E-state index contributed by atoms with van der Waals surface area (Å²) in [5.41, 5.74) is -0.456. The average molecular weight is 498 g/mol. The van der Waals surface area contributed by atoms with Crippen LogP contribution in [-0.4, -0.2) is 50.1 Å². The average Bonchev–Trinajstić information content (AvgIpc) is 3.00. The number of benzene rings is 2. The number of aliphatic imine (C=N–C) groups is 1. The first-order chi connectivity index (χ1) is 16.7. The molecule has 0 bridgehead atoms. The Bertz CT molecular complexity index is 1280. The molecule has 1 atom stereocenters. The number of carbonyl (C=O) groups is 3. The Balaban J connectivity index is 1.43. The summed E-state index contributed by atoms with van der Waals surface area (Å²) in [4.78, 5) is 43.2. The number of hydrogen-bond acceptors (Lipinski definition) is 6. The maximum Gasteiger partial charge on any atom is 0.325 e. The fourth-order valence-corrected chi connectivity index (χ4v) is 5.20. The topological polar surface area (TPSA) is 137 Å². The minimum atomic E-state index is -3.88. The number of imide groups is 1. The molecule has 184 valence electrons. The van der Waals surface area contributed by atoms with Crippen molar-refractivity contribution in [2.75, 3.05) is 18.4 Å². The molecule has 1 unspecified atom stereocenters. The first-order valence-corrected chi connectivity index (χ1v) is 12.8. The number of amides is 4. The number of rotatable bonds is 6. The van der Waals surface area contributed by atoms with E-state index in [0.29, 0.717) is 24.4 Å². The van der Waals surface area contributed by atoms with E-state index in [1.54, 1.807) is 37.3 Å². The van der Waals surface area contributed by atoms with Crippen LogP contribution in [0.2, 0.25) is 0 Å². The van der Waals surface area contributed by atoms with Gasteiger partial charge in [-0.05, 0) is 43.5 Å². The monoisotopic (exact) mass is 497 g/mol. The third kappa shape index (κ3) is 5.35. The van der Waals surface area contributed by atoms with Gasteiger partial charge in [0.15, 0.2) is 0 Å². The van der Waals surface area contributed by atoms with Crippen molar-refractivity contribution in [1.82, 2.24) is 14.9 Å². The molecular formula is C24H27N5O5S. The van der Waals surface area contributed by atoms with E-state index in [9.17, 15) is 22.8 Å². The van der Waals surface area contributed by atoms with Crippen LogP contribution < -0.4 is 15.4 Å². The van der Waals surface area contributed by atoms with Gasteiger partial charge in [-0.3, -0.25) is 24.2 Å². The maximum atomic E-state index is 13.0. The Hall–Kier alpha value is -3.73. The molecule has 4 amide bonds. The van der Waals surface area contributed by atoms with Crippen LogP contribution in [0.4, 0.5) is 10.5 Å². The van der Waals surface area contributed by atoms with Gasteiger partial charge in [0.25, 0.3) is 15.9 Å². The second-order valence-electron chi connectivity index (χ2n) is 8.63. The highest BCUT2D eigenvalue weighted by Gasteiger charge is 2.49. The zero-order chi connectivity index (χ0) is 25.1. The van der Waals surface area contributed by atoms with E-state index in [1.807, 2.05) is 0 Å². The van der Waals surface area contributed by atoms with Crippen molar-refractivity contribution < 1.29 is 22.8 Å². The second-order valence-corrected chi connectivity index (χ2v) is 10.3. The van der Waals surface area contributed by atoms with Crippen molar-refractivity contribution in [2.24, 2.45) is 4.99 Å². The Labute approximate surface area is 203 Å². The third-order valence-corrected chi connectivity index (χ3v) is 7.36. The number of amidine groups is 1. The van der Waals surface area contributed by atoms with Crippen LogP contribution in [0.25, 0.3) is 0 Å². The van der Waals surface area contributed by atoms with Crippen LogP contribution in [0.1, 0.15) is 38.2 Å². The lowest BCUT2D eigenvalue weighted by Gasteiger charge is -2.22. The molecule has 0 spiro atoms. The Morgan fingerprint density at radius 1 is 1.09 bits per heavy atom. The van der Waals surface area contributed by atoms with Gasteiger partial charge in [0.2, 0.25) is 5.91 Å². The molecule has 3 N–H and O–H groups in total. The van der Waals surface area contributed by atoms with Crippen molar-refractivity contribution in [1.29, 1.82) is 0 Å². The Kier molecular flexibility index (Phi) is 6.88. The lowest BCUT2D eigenvalue weighted by molar-refractivity contribution is -0.133. The number of urea groups is 1. The zero-order valence-electron chi connectivity index (χ0n) is 19.3. The van der Waals surface area contributed by atoms with Crippen LogP contribution in [0.15, 0.2) is 64.5 Å². The van der Waals surface area contributed by atoms with Crippen molar-refractivity contribution in [3.05, 3.63) is 60.2 Å². The molecule has 0 aromatic heterocycles. The maximum absolute atomic E-state index is 13.0.